The standard InChI is InChI=1S/C14H27NO3S/c1-11(9-16)10-19-8-6-12-5-4-7-14(12,15-2)13(17)18-3/h11-12,15-16H,4-10H2,1-3H3. The molecule has 1 aliphatic carbocycles. The Morgan fingerprint density at radius 3 is 2.95 bits per heavy atom. The maximum Gasteiger partial charge on any atom is 0.326 e. The smallest absolute Gasteiger partial charge is 0.326 e. The van der Waals surface area contributed by atoms with Crippen LogP contribution in [0.2, 0.25) is 0 Å². The molecule has 1 fully saturated rings. The van der Waals surface area contributed by atoms with E-state index in [2.05, 4.69) is 12.2 Å². The third-order valence-corrected chi connectivity index (χ3v) is 5.47. The largest absolute Gasteiger partial charge is 0.468 e. The molecule has 0 aromatic rings. The normalized spacial score (nSPS) is 28.3. The van der Waals surface area contributed by atoms with Crippen LogP contribution in [0.1, 0.15) is 32.6 Å². The van der Waals surface area contributed by atoms with E-state index in [4.69, 9.17) is 9.84 Å². The van der Waals surface area contributed by atoms with Crippen LogP contribution in [-0.4, -0.2) is 48.9 Å². The second kappa shape index (κ2) is 8.12. The van der Waals surface area contributed by atoms with Gasteiger partial charge in [0.25, 0.3) is 0 Å². The van der Waals surface area contributed by atoms with E-state index in [-0.39, 0.29) is 12.6 Å². The Bertz CT molecular complexity index is 288. The quantitative estimate of drug-likeness (QED) is 0.526. The third kappa shape index (κ3) is 4.10. The molecule has 5 heteroatoms. The molecule has 112 valence electrons. The Morgan fingerprint density at radius 1 is 1.63 bits per heavy atom. The lowest BCUT2D eigenvalue weighted by Crippen LogP contribution is -2.53. The molecule has 0 spiro atoms. The molecule has 0 aromatic heterocycles. The second-order valence-corrected chi connectivity index (χ2v) is 6.60. The fourth-order valence-corrected chi connectivity index (χ4v) is 4.04. The van der Waals surface area contributed by atoms with Gasteiger partial charge >= 0.3 is 5.97 Å². The van der Waals surface area contributed by atoms with E-state index in [9.17, 15) is 4.79 Å². The van der Waals surface area contributed by atoms with Gasteiger partial charge in [-0.25, -0.2) is 0 Å². The average Bonchev–Trinajstić information content (AvgIpc) is 2.86. The molecule has 2 N–H and O–H groups in total. The fourth-order valence-electron chi connectivity index (χ4n) is 2.91. The number of thioether (sulfide) groups is 1. The number of nitrogens with one attached hydrogen (secondary N) is 1. The predicted octanol–water partition coefficient (Wildman–Crippen LogP) is 1.67. The fraction of sp³-hybridized carbons (Fsp3) is 0.929. The van der Waals surface area contributed by atoms with Crippen molar-refractivity contribution in [1.82, 2.24) is 5.32 Å². The number of ether oxygens (including phenoxy) is 1. The van der Waals surface area contributed by atoms with E-state index >= 15 is 0 Å². The number of carbonyl (C=O) groups is 1. The molecule has 3 unspecified atom stereocenters. The summed E-state index contributed by atoms with van der Waals surface area (Å²) in [4.78, 5) is 12.0. The van der Waals surface area contributed by atoms with Crippen molar-refractivity contribution in [3.63, 3.8) is 0 Å². The van der Waals surface area contributed by atoms with Gasteiger partial charge in [0.05, 0.1) is 7.11 Å². The molecule has 0 bridgehead atoms. The average molecular weight is 289 g/mol. The van der Waals surface area contributed by atoms with Crippen molar-refractivity contribution >= 4 is 17.7 Å². The number of hydrogen-bond donors (Lipinski definition) is 2. The first-order valence-electron chi connectivity index (χ1n) is 7.06. The van der Waals surface area contributed by atoms with Crippen LogP contribution in [0, 0.1) is 11.8 Å². The lowest BCUT2D eigenvalue weighted by molar-refractivity contribution is -0.150. The summed E-state index contributed by atoms with van der Waals surface area (Å²) in [5.41, 5.74) is -0.474. The number of methoxy groups -OCH3 is 1. The van der Waals surface area contributed by atoms with Gasteiger partial charge in [-0.05, 0) is 49.7 Å². The molecule has 1 saturated carbocycles. The predicted molar refractivity (Wildman–Crippen MR) is 79.3 cm³/mol. The van der Waals surface area contributed by atoms with Crippen molar-refractivity contribution in [2.45, 2.75) is 38.1 Å². The highest BCUT2D eigenvalue weighted by atomic mass is 32.2. The van der Waals surface area contributed by atoms with Crippen LogP contribution in [-0.2, 0) is 9.53 Å². The van der Waals surface area contributed by atoms with Gasteiger partial charge < -0.3 is 15.2 Å². The summed E-state index contributed by atoms with van der Waals surface area (Å²) in [5.74, 6) is 2.61. The van der Waals surface area contributed by atoms with Gasteiger partial charge in [0, 0.05) is 6.61 Å². The number of aliphatic hydroxyl groups is 1. The molecule has 4 nitrogen and oxygen atoms in total. The van der Waals surface area contributed by atoms with Crippen molar-refractivity contribution in [1.29, 1.82) is 0 Å². The zero-order chi connectivity index (χ0) is 14.3. The molecule has 0 radical (unpaired) electrons. The second-order valence-electron chi connectivity index (χ2n) is 5.45. The highest BCUT2D eigenvalue weighted by Crippen LogP contribution is 2.39. The van der Waals surface area contributed by atoms with Gasteiger partial charge in [0.15, 0.2) is 0 Å². The van der Waals surface area contributed by atoms with Crippen molar-refractivity contribution in [2.75, 3.05) is 32.3 Å². The summed E-state index contributed by atoms with van der Waals surface area (Å²) < 4.78 is 4.98. The molecule has 0 saturated heterocycles. The Balaban J connectivity index is 2.45. The van der Waals surface area contributed by atoms with Crippen molar-refractivity contribution < 1.29 is 14.6 Å². The lowest BCUT2D eigenvalue weighted by Gasteiger charge is -2.32. The van der Waals surface area contributed by atoms with E-state index in [0.717, 1.165) is 37.2 Å². The van der Waals surface area contributed by atoms with E-state index in [1.807, 2.05) is 18.8 Å². The highest BCUT2D eigenvalue weighted by molar-refractivity contribution is 7.99. The molecule has 19 heavy (non-hydrogen) atoms. The minimum atomic E-state index is -0.474. The Morgan fingerprint density at radius 2 is 2.37 bits per heavy atom. The Labute approximate surface area is 120 Å². The Hall–Kier alpha value is -0.260. The van der Waals surface area contributed by atoms with Crippen LogP contribution in [0.5, 0.6) is 0 Å². The van der Waals surface area contributed by atoms with Crippen molar-refractivity contribution in [3.8, 4) is 0 Å². The van der Waals surface area contributed by atoms with Crippen LogP contribution in [0.25, 0.3) is 0 Å². The van der Waals surface area contributed by atoms with Gasteiger partial charge in [-0.2, -0.15) is 11.8 Å². The summed E-state index contributed by atoms with van der Waals surface area (Å²) in [6, 6.07) is 0. The third-order valence-electron chi connectivity index (χ3n) is 4.14. The number of esters is 1. The van der Waals surface area contributed by atoms with Crippen LogP contribution >= 0.6 is 11.8 Å². The number of likely N-dealkylation sites (N-methyl/N-ethyl adjacent to an activating group) is 1. The molecule has 1 rings (SSSR count). The van der Waals surface area contributed by atoms with Crippen molar-refractivity contribution in [2.24, 2.45) is 11.8 Å². The zero-order valence-corrected chi connectivity index (χ0v) is 13.1. The lowest BCUT2D eigenvalue weighted by atomic mass is 9.85. The van der Waals surface area contributed by atoms with Crippen LogP contribution in [0.4, 0.5) is 0 Å². The number of carbonyl (C=O) groups excluding carboxylic acids is 1. The molecule has 1 aliphatic rings. The summed E-state index contributed by atoms with van der Waals surface area (Å²) >= 11 is 1.86. The van der Waals surface area contributed by atoms with Crippen molar-refractivity contribution in [3.05, 3.63) is 0 Å². The zero-order valence-electron chi connectivity index (χ0n) is 12.3. The first-order valence-corrected chi connectivity index (χ1v) is 8.22. The summed E-state index contributed by atoms with van der Waals surface area (Å²) in [6.45, 7) is 2.30. The van der Waals surface area contributed by atoms with Crippen LogP contribution < -0.4 is 5.32 Å². The molecule has 0 heterocycles. The first kappa shape index (κ1) is 16.8. The minimum Gasteiger partial charge on any atom is -0.468 e. The molecular formula is C14H27NO3S. The van der Waals surface area contributed by atoms with Gasteiger partial charge in [-0.1, -0.05) is 13.3 Å². The van der Waals surface area contributed by atoms with Gasteiger partial charge in [-0.15, -0.1) is 0 Å². The Kier molecular flexibility index (Phi) is 7.18. The van der Waals surface area contributed by atoms with Gasteiger partial charge in [0.1, 0.15) is 5.54 Å². The van der Waals surface area contributed by atoms with E-state index in [1.165, 1.54) is 7.11 Å². The molecule has 0 aromatic carbocycles. The molecule has 3 atom stereocenters. The maximum absolute atomic E-state index is 12.0. The number of rotatable bonds is 8. The summed E-state index contributed by atoms with van der Waals surface area (Å²) in [7, 11) is 3.32. The van der Waals surface area contributed by atoms with Crippen LogP contribution in [0.3, 0.4) is 0 Å². The minimum absolute atomic E-state index is 0.119. The monoisotopic (exact) mass is 289 g/mol. The van der Waals surface area contributed by atoms with Gasteiger partial charge in [0.2, 0.25) is 0 Å². The molecule has 0 amide bonds. The SMILES string of the molecule is CNC1(C(=O)OC)CCCC1CCSCC(C)CO. The first-order chi connectivity index (χ1) is 9.10. The van der Waals surface area contributed by atoms with E-state index < -0.39 is 5.54 Å². The highest BCUT2D eigenvalue weighted by Gasteiger charge is 2.48. The van der Waals surface area contributed by atoms with E-state index in [1.54, 1.807) is 0 Å². The summed E-state index contributed by atoms with van der Waals surface area (Å²) in [6.07, 6.45) is 4.07. The van der Waals surface area contributed by atoms with Gasteiger partial charge in [-0.3, -0.25) is 4.79 Å². The maximum atomic E-state index is 12.0. The number of hydrogen-bond acceptors (Lipinski definition) is 5. The van der Waals surface area contributed by atoms with Crippen LogP contribution in [0.15, 0.2) is 0 Å². The topological polar surface area (TPSA) is 58.6 Å². The summed E-state index contributed by atoms with van der Waals surface area (Å²) in [5, 5.41) is 12.2. The number of aliphatic hydroxyl groups excluding tert-OH is 1. The van der Waals surface area contributed by atoms with E-state index in [0.29, 0.717) is 11.8 Å². The molecular weight excluding hydrogens is 262 g/mol. The molecule has 0 aliphatic heterocycles.